The number of piperazine rings is 1. The third kappa shape index (κ3) is 6.94. The molecule has 0 aliphatic carbocycles. The highest BCUT2D eigenvalue weighted by molar-refractivity contribution is 5.90. The second-order valence-corrected chi connectivity index (χ2v) is 9.89. The molecular weight excluding hydrogens is 571 g/mol. The fourth-order valence-electron chi connectivity index (χ4n) is 4.58. The van der Waals surface area contributed by atoms with Crippen molar-refractivity contribution < 1.29 is 36.9 Å². The van der Waals surface area contributed by atoms with Gasteiger partial charge in [0.2, 0.25) is 17.8 Å². The largest absolute Gasteiger partial charge is 0.493 e. The molecule has 0 spiro atoms. The molecule has 1 aliphatic rings. The van der Waals surface area contributed by atoms with E-state index in [-0.39, 0.29) is 22.8 Å². The molecule has 0 bridgehead atoms. The van der Waals surface area contributed by atoms with E-state index in [9.17, 15) is 18.0 Å². The molecular formula is C28H30F3N7O5. The molecule has 15 heteroatoms. The van der Waals surface area contributed by atoms with E-state index >= 15 is 0 Å². The molecule has 228 valence electrons. The monoisotopic (exact) mass is 601 g/mol. The van der Waals surface area contributed by atoms with Gasteiger partial charge in [0.15, 0.2) is 11.5 Å². The molecule has 1 aliphatic heterocycles. The van der Waals surface area contributed by atoms with Gasteiger partial charge in [-0.3, -0.25) is 10.2 Å². The smallest absolute Gasteiger partial charge is 0.491 e. The summed E-state index contributed by atoms with van der Waals surface area (Å²) in [5.74, 6) is -1.81. The predicted octanol–water partition coefficient (Wildman–Crippen LogP) is 3.74. The number of methoxy groups -OCH3 is 2. The van der Waals surface area contributed by atoms with E-state index in [0.717, 1.165) is 26.2 Å². The van der Waals surface area contributed by atoms with E-state index in [0.29, 0.717) is 47.0 Å². The van der Waals surface area contributed by atoms with E-state index in [2.05, 4.69) is 42.1 Å². The Labute approximate surface area is 244 Å². The van der Waals surface area contributed by atoms with Crippen LogP contribution in [0.3, 0.4) is 0 Å². The highest BCUT2D eigenvalue weighted by Crippen LogP contribution is 2.34. The van der Waals surface area contributed by atoms with Gasteiger partial charge in [0, 0.05) is 44.2 Å². The van der Waals surface area contributed by atoms with Gasteiger partial charge >= 0.3 is 12.1 Å². The Morgan fingerprint density at radius 1 is 0.907 bits per heavy atom. The van der Waals surface area contributed by atoms with Gasteiger partial charge in [0.25, 0.3) is 0 Å². The summed E-state index contributed by atoms with van der Waals surface area (Å²) >= 11 is 0. The van der Waals surface area contributed by atoms with Gasteiger partial charge in [-0.1, -0.05) is 0 Å². The number of nitrogens with zero attached hydrogens (tertiary/aromatic N) is 6. The zero-order valence-electron chi connectivity index (χ0n) is 24.0. The Kier molecular flexibility index (Phi) is 8.64. The second-order valence-electron chi connectivity index (χ2n) is 9.89. The van der Waals surface area contributed by atoms with Gasteiger partial charge in [0.1, 0.15) is 12.4 Å². The fraction of sp³-hybridized carbons (Fsp3) is 0.393. The van der Waals surface area contributed by atoms with Crippen molar-refractivity contribution in [2.75, 3.05) is 65.9 Å². The van der Waals surface area contributed by atoms with E-state index in [1.807, 2.05) is 0 Å². The van der Waals surface area contributed by atoms with Crippen LogP contribution in [0.2, 0.25) is 0 Å². The third-order valence-corrected chi connectivity index (χ3v) is 6.94. The molecule has 4 aromatic rings. The number of hydrogen-bond acceptors (Lipinski definition) is 12. The minimum atomic E-state index is -5.24. The van der Waals surface area contributed by atoms with Crippen molar-refractivity contribution in [1.82, 2.24) is 29.7 Å². The quantitative estimate of drug-likeness (QED) is 0.281. The lowest BCUT2D eigenvalue weighted by Gasteiger charge is -2.32. The summed E-state index contributed by atoms with van der Waals surface area (Å²) in [5.41, 5.74) is 1.30. The highest BCUT2D eigenvalue weighted by Gasteiger charge is 2.42. The van der Waals surface area contributed by atoms with Crippen molar-refractivity contribution in [2.24, 2.45) is 0 Å². The number of nitrogens with one attached hydrogen (secondary N) is 1. The van der Waals surface area contributed by atoms with E-state index in [4.69, 9.17) is 18.9 Å². The molecule has 3 heterocycles. The van der Waals surface area contributed by atoms with E-state index < -0.39 is 18.0 Å². The topological polar surface area (TPSA) is 124 Å². The average molecular weight is 602 g/mol. The molecule has 0 radical (unpaired) electrons. The number of alkyl halides is 3. The van der Waals surface area contributed by atoms with Crippen LogP contribution in [0.15, 0.2) is 30.3 Å². The Bertz CT molecular complexity index is 1650. The zero-order chi connectivity index (χ0) is 30.7. The van der Waals surface area contributed by atoms with Crippen LogP contribution in [-0.4, -0.2) is 102 Å². The lowest BCUT2D eigenvalue weighted by atomic mass is 10.1. The SMILES string of the molecule is COc1cc2nc(Nc3nc(OC(=O)C(F)(F)F)c4cc(OCCN5CCN(C)CC5)ccc4n3)nc(C)c2cc1OC. The normalized spacial score (nSPS) is 14.6. The van der Waals surface area contributed by atoms with E-state index in [1.165, 1.54) is 20.3 Å². The molecule has 0 unspecified atom stereocenters. The number of ether oxygens (including phenoxy) is 4. The lowest BCUT2D eigenvalue weighted by Crippen LogP contribution is -2.45. The predicted molar refractivity (Wildman–Crippen MR) is 151 cm³/mol. The third-order valence-electron chi connectivity index (χ3n) is 6.94. The number of esters is 1. The number of benzene rings is 2. The van der Waals surface area contributed by atoms with Gasteiger partial charge in [-0.05, 0) is 38.2 Å². The number of rotatable bonds is 9. The number of likely N-dealkylation sites (N-methyl/N-ethyl adjacent to an activating group) is 1. The number of hydrogen-bond donors (Lipinski definition) is 1. The van der Waals surface area contributed by atoms with Gasteiger partial charge in [-0.15, -0.1) is 0 Å². The van der Waals surface area contributed by atoms with Gasteiger partial charge in [0.05, 0.1) is 36.3 Å². The first-order chi connectivity index (χ1) is 20.5. The maximum Gasteiger partial charge on any atom is 0.491 e. The minimum absolute atomic E-state index is 0.0627. The molecule has 1 N–H and O–H groups in total. The molecule has 0 atom stereocenters. The lowest BCUT2D eigenvalue weighted by molar-refractivity contribution is -0.189. The molecule has 43 heavy (non-hydrogen) atoms. The van der Waals surface area contributed by atoms with Crippen LogP contribution < -0.4 is 24.3 Å². The average Bonchev–Trinajstić information content (AvgIpc) is 2.97. The summed E-state index contributed by atoms with van der Waals surface area (Å²) < 4.78 is 60.6. The molecule has 0 amide bonds. The first-order valence-corrected chi connectivity index (χ1v) is 13.4. The van der Waals surface area contributed by atoms with Crippen molar-refractivity contribution >= 4 is 39.7 Å². The molecule has 2 aromatic heterocycles. The number of halogens is 3. The van der Waals surface area contributed by atoms with Gasteiger partial charge < -0.3 is 23.8 Å². The number of aromatic nitrogens is 4. The summed E-state index contributed by atoms with van der Waals surface area (Å²) in [4.78, 5) is 33.6. The van der Waals surface area contributed by atoms with Crippen molar-refractivity contribution in [2.45, 2.75) is 13.1 Å². The summed E-state index contributed by atoms with van der Waals surface area (Å²) in [7, 11) is 5.08. The molecule has 12 nitrogen and oxygen atoms in total. The summed E-state index contributed by atoms with van der Waals surface area (Å²) in [5, 5.41) is 3.57. The highest BCUT2D eigenvalue weighted by atomic mass is 19.4. The molecule has 0 saturated carbocycles. The van der Waals surface area contributed by atoms with Crippen LogP contribution in [0.1, 0.15) is 5.69 Å². The second kappa shape index (κ2) is 12.4. The maximum atomic E-state index is 13.1. The Morgan fingerprint density at radius 2 is 1.58 bits per heavy atom. The van der Waals surface area contributed by atoms with Gasteiger partial charge in [-0.25, -0.2) is 19.7 Å². The van der Waals surface area contributed by atoms with Crippen molar-refractivity contribution in [3.05, 3.63) is 36.0 Å². The maximum absolute atomic E-state index is 13.1. The van der Waals surface area contributed by atoms with Crippen LogP contribution in [0.25, 0.3) is 21.8 Å². The van der Waals surface area contributed by atoms with Crippen LogP contribution in [-0.2, 0) is 4.79 Å². The Balaban J connectivity index is 1.43. The molecule has 1 saturated heterocycles. The van der Waals surface area contributed by atoms with Crippen LogP contribution in [0, 0.1) is 6.92 Å². The standard InChI is InChI=1S/C28H30F3N7O5/c1-16-18-14-22(40-3)23(41-4)15-21(18)34-26(32-16)36-27-33-20-6-5-17(42-12-11-38-9-7-37(2)8-10-38)13-19(20)24(35-27)43-25(39)28(29,30)31/h5-6,13-15H,7-12H2,1-4H3,(H,32,33,34,35,36). The fourth-order valence-corrected chi connectivity index (χ4v) is 4.58. The summed E-state index contributed by atoms with van der Waals surface area (Å²) in [6, 6.07) is 8.02. The number of carbonyl (C=O) groups excluding carboxylic acids is 1. The van der Waals surface area contributed by atoms with Crippen LogP contribution >= 0.6 is 0 Å². The summed E-state index contributed by atoms with van der Waals surface area (Å²) in [6.45, 7) is 6.56. The molecule has 5 rings (SSSR count). The van der Waals surface area contributed by atoms with Gasteiger partial charge in [-0.2, -0.15) is 18.2 Å². The number of anilines is 2. The van der Waals surface area contributed by atoms with Crippen LogP contribution in [0.5, 0.6) is 23.1 Å². The zero-order valence-corrected chi connectivity index (χ0v) is 24.0. The number of carbonyl (C=O) groups is 1. The Hall–Kier alpha value is -4.50. The first-order valence-electron chi connectivity index (χ1n) is 13.4. The van der Waals surface area contributed by atoms with Crippen molar-refractivity contribution in [3.8, 4) is 23.1 Å². The summed E-state index contributed by atoms with van der Waals surface area (Å²) in [6.07, 6.45) is -5.24. The van der Waals surface area contributed by atoms with Crippen molar-refractivity contribution in [3.63, 3.8) is 0 Å². The van der Waals surface area contributed by atoms with Crippen molar-refractivity contribution in [1.29, 1.82) is 0 Å². The Morgan fingerprint density at radius 3 is 2.28 bits per heavy atom. The molecule has 2 aromatic carbocycles. The van der Waals surface area contributed by atoms with E-state index in [1.54, 1.807) is 31.2 Å². The first kappa shape index (κ1) is 30.0. The van der Waals surface area contributed by atoms with Crippen LogP contribution in [0.4, 0.5) is 25.1 Å². The number of fused-ring (bicyclic) bond motifs is 2. The minimum Gasteiger partial charge on any atom is -0.493 e. The number of aryl methyl sites for hydroxylation is 1. The molecule has 1 fully saturated rings.